The minimum Gasteiger partial charge on any atom is -0.507 e. The molecule has 1 heterocycles. The minimum atomic E-state index is -0.628. The van der Waals surface area contributed by atoms with Gasteiger partial charge in [0.1, 0.15) is 5.75 Å². The summed E-state index contributed by atoms with van der Waals surface area (Å²) in [5, 5.41) is 13.2. The van der Waals surface area contributed by atoms with Crippen LogP contribution in [0.1, 0.15) is 29.9 Å². The number of aryl methyl sites for hydroxylation is 1. The molecular formula is C23H18BrNO5. The van der Waals surface area contributed by atoms with Crippen LogP contribution in [-0.4, -0.2) is 28.5 Å². The van der Waals surface area contributed by atoms with Crippen molar-refractivity contribution in [3.05, 3.63) is 62.7 Å². The van der Waals surface area contributed by atoms with Gasteiger partial charge in [-0.1, -0.05) is 29.8 Å². The number of carbonyl (C=O) groups excluding carboxylic acids is 4. The number of allylic oxidation sites excluding steroid dienone is 6. The smallest absolute Gasteiger partial charge is 0.231 e. The zero-order chi connectivity index (χ0) is 21.3. The van der Waals surface area contributed by atoms with Crippen LogP contribution in [-0.2, 0) is 19.2 Å². The molecule has 1 aromatic carbocycles. The van der Waals surface area contributed by atoms with Gasteiger partial charge in [-0.3, -0.25) is 24.5 Å². The molecule has 7 heteroatoms. The number of aromatic hydroxyl groups is 1. The second-order valence-electron chi connectivity index (χ2n) is 8.26. The number of halogens is 1. The summed E-state index contributed by atoms with van der Waals surface area (Å²) in [5.41, 5.74) is 2.73. The molecule has 0 aromatic heterocycles. The number of fused-ring (bicyclic) bond motifs is 3. The largest absolute Gasteiger partial charge is 0.507 e. The third kappa shape index (κ3) is 2.54. The van der Waals surface area contributed by atoms with E-state index >= 15 is 0 Å². The van der Waals surface area contributed by atoms with Gasteiger partial charge in [0.25, 0.3) is 0 Å². The van der Waals surface area contributed by atoms with Gasteiger partial charge in [-0.05, 0) is 47.2 Å². The summed E-state index contributed by atoms with van der Waals surface area (Å²) in [5.74, 6) is -3.17. The molecule has 0 spiro atoms. The average molecular weight is 468 g/mol. The molecule has 0 radical (unpaired) electrons. The van der Waals surface area contributed by atoms with E-state index in [1.807, 2.05) is 6.08 Å². The molecule has 4 atom stereocenters. The topological polar surface area (TPSA) is 101 Å². The number of phenolic OH excluding ortho intramolecular Hbond substituents is 1. The fourth-order valence-electron chi connectivity index (χ4n) is 5.39. The molecule has 2 N–H and O–H groups in total. The highest BCUT2D eigenvalue weighted by Gasteiger charge is 2.53. The first-order valence-electron chi connectivity index (χ1n) is 9.82. The number of imide groups is 1. The number of Topliss-reactive ketones (excluding diaryl/α,β-unsaturated/α-hetero) is 1. The first kappa shape index (κ1) is 19.2. The SMILES string of the molecule is Cc1cccc(C2C3=CCC4C(=O)NC(=O)C4C3CC3=C2C(=O)C=C(Br)C3=O)c1O. The normalized spacial score (nSPS) is 30.3. The minimum absolute atomic E-state index is 0.0684. The van der Waals surface area contributed by atoms with Crippen molar-refractivity contribution in [1.82, 2.24) is 5.32 Å². The summed E-state index contributed by atoms with van der Waals surface area (Å²) in [6.07, 6.45) is 3.81. The Kier molecular flexibility index (Phi) is 4.22. The second-order valence-corrected chi connectivity index (χ2v) is 9.11. The quantitative estimate of drug-likeness (QED) is 0.375. The molecular weight excluding hydrogens is 450 g/mol. The van der Waals surface area contributed by atoms with E-state index in [9.17, 15) is 24.3 Å². The van der Waals surface area contributed by atoms with Crippen molar-refractivity contribution in [2.45, 2.75) is 25.7 Å². The summed E-state index contributed by atoms with van der Waals surface area (Å²) in [7, 11) is 0. The van der Waals surface area contributed by atoms with E-state index in [0.717, 1.165) is 5.57 Å². The lowest BCUT2D eigenvalue weighted by Gasteiger charge is -2.42. The lowest BCUT2D eigenvalue weighted by Crippen LogP contribution is -2.39. The molecule has 4 aliphatic rings. The van der Waals surface area contributed by atoms with Crippen molar-refractivity contribution in [1.29, 1.82) is 0 Å². The van der Waals surface area contributed by atoms with Gasteiger partial charge in [-0.25, -0.2) is 0 Å². The Labute approximate surface area is 180 Å². The number of phenols is 1. The zero-order valence-corrected chi connectivity index (χ0v) is 17.7. The molecule has 0 bridgehead atoms. The van der Waals surface area contributed by atoms with E-state index < -0.39 is 17.8 Å². The van der Waals surface area contributed by atoms with Crippen LogP contribution in [0, 0.1) is 24.7 Å². The molecule has 6 nitrogen and oxygen atoms in total. The maximum Gasteiger partial charge on any atom is 0.231 e. The molecule has 1 aliphatic heterocycles. The van der Waals surface area contributed by atoms with E-state index in [1.165, 1.54) is 6.08 Å². The molecule has 152 valence electrons. The number of rotatable bonds is 1. The van der Waals surface area contributed by atoms with E-state index in [0.29, 0.717) is 28.7 Å². The lowest BCUT2D eigenvalue weighted by atomic mass is 9.59. The Balaban J connectivity index is 1.75. The molecule has 2 amide bonds. The Morgan fingerprint density at radius 2 is 1.87 bits per heavy atom. The van der Waals surface area contributed by atoms with Gasteiger partial charge in [0.15, 0.2) is 11.6 Å². The predicted molar refractivity (Wildman–Crippen MR) is 111 cm³/mol. The Morgan fingerprint density at radius 1 is 1.10 bits per heavy atom. The lowest BCUT2D eigenvalue weighted by molar-refractivity contribution is -0.126. The molecule has 1 aromatic rings. The number of ketones is 2. The van der Waals surface area contributed by atoms with Crippen molar-refractivity contribution in [2.24, 2.45) is 17.8 Å². The highest BCUT2D eigenvalue weighted by atomic mass is 79.9. The molecule has 1 fully saturated rings. The van der Waals surface area contributed by atoms with Crippen LogP contribution in [0.4, 0.5) is 0 Å². The van der Waals surface area contributed by atoms with Gasteiger partial charge >= 0.3 is 0 Å². The van der Waals surface area contributed by atoms with E-state index in [-0.39, 0.29) is 46.0 Å². The Bertz CT molecular complexity index is 1160. The molecule has 5 rings (SSSR count). The first-order chi connectivity index (χ1) is 14.3. The molecule has 3 aliphatic carbocycles. The first-order valence-corrected chi connectivity index (χ1v) is 10.6. The van der Waals surface area contributed by atoms with Crippen LogP contribution in [0.3, 0.4) is 0 Å². The number of nitrogens with one attached hydrogen (secondary N) is 1. The second kappa shape index (κ2) is 6.60. The summed E-state index contributed by atoms with van der Waals surface area (Å²) in [6, 6.07) is 5.32. The van der Waals surface area contributed by atoms with E-state index in [4.69, 9.17) is 0 Å². The molecule has 30 heavy (non-hydrogen) atoms. The maximum absolute atomic E-state index is 13.0. The summed E-state index contributed by atoms with van der Waals surface area (Å²) in [6.45, 7) is 1.77. The van der Waals surface area contributed by atoms with Gasteiger partial charge in [0.2, 0.25) is 11.8 Å². The highest BCUT2D eigenvalue weighted by Crippen LogP contribution is 2.55. The Morgan fingerprint density at radius 3 is 2.63 bits per heavy atom. The van der Waals surface area contributed by atoms with Gasteiger partial charge < -0.3 is 5.11 Å². The fourth-order valence-corrected chi connectivity index (χ4v) is 5.83. The highest BCUT2D eigenvalue weighted by molar-refractivity contribution is 9.12. The van der Waals surface area contributed by atoms with Gasteiger partial charge in [0, 0.05) is 28.7 Å². The van der Waals surface area contributed by atoms with Crippen molar-refractivity contribution >= 4 is 39.3 Å². The molecule has 1 saturated heterocycles. The standard InChI is InChI=1S/C23H18BrNO5/c1-9-3-2-4-11(20(9)27)17-10-5-6-12-18(23(30)25-22(12)29)13(10)7-14-19(17)16(26)8-15(24)21(14)28/h2-5,8,12-13,17-18,27H,6-7H2,1H3,(H,25,29,30). The van der Waals surface area contributed by atoms with Crippen LogP contribution in [0.5, 0.6) is 5.75 Å². The average Bonchev–Trinajstić information content (AvgIpc) is 3.01. The monoisotopic (exact) mass is 467 g/mol. The third-order valence-corrected chi connectivity index (χ3v) is 7.34. The maximum atomic E-state index is 13.0. The van der Waals surface area contributed by atoms with Crippen molar-refractivity contribution in [3.8, 4) is 5.75 Å². The van der Waals surface area contributed by atoms with Gasteiger partial charge in [0.05, 0.1) is 16.3 Å². The number of benzene rings is 1. The van der Waals surface area contributed by atoms with Crippen LogP contribution in [0.25, 0.3) is 0 Å². The van der Waals surface area contributed by atoms with Crippen LogP contribution in [0.15, 0.2) is 51.6 Å². The summed E-state index contributed by atoms with van der Waals surface area (Å²) < 4.78 is 0.185. The number of carbonyl (C=O) groups is 4. The van der Waals surface area contributed by atoms with E-state index in [2.05, 4.69) is 21.2 Å². The summed E-state index contributed by atoms with van der Waals surface area (Å²) in [4.78, 5) is 50.9. The van der Waals surface area contributed by atoms with Crippen molar-refractivity contribution in [2.75, 3.05) is 0 Å². The van der Waals surface area contributed by atoms with Gasteiger partial charge in [-0.15, -0.1) is 0 Å². The van der Waals surface area contributed by atoms with Crippen LogP contribution in [0.2, 0.25) is 0 Å². The molecule has 4 unspecified atom stereocenters. The predicted octanol–water partition coefficient (Wildman–Crippen LogP) is 2.75. The fraction of sp³-hybridized carbons (Fsp3) is 0.304. The number of hydrogen-bond donors (Lipinski definition) is 2. The van der Waals surface area contributed by atoms with E-state index in [1.54, 1.807) is 25.1 Å². The Hall–Kier alpha value is -2.80. The number of hydrogen-bond acceptors (Lipinski definition) is 5. The van der Waals surface area contributed by atoms with Crippen molar-refractivity contribution < 1.29 is 24.3 Å². The zero-order valence-electron chi connectivity index (χ0n) is 16.1. The van der Waals surface area contributed by atoms with Crippen LogP contribution >= 0.6 is 15.9 Å². The van der Waals surface area contributed by atoms with Gasteiger partial charge in [-0.2, -0.15) is 0 Å². The third-order valence-electron chi connectivity index (χ3n) is 6.75. The molecule has 0 saturated carbocycles. The van der Waals surface area contributed by atoms with Crippen LogP contribution < -0.4 is 5.32 Å². The number of para-hydroxylation sites is 1. The number of amides is 2. The van der Waals surface area contributed by atoms with Crippen molar-refractivity contribution in [3.63, 3.8) is 0 Å². The summed E-state index contributed by atoms with van der Waals surface area (Å²) >= 11 is 3.18.